The van der Waals surface area contributed by atoms with Crippen LogP contribution in [0.1, 0.15) is 38.8 Å². The van der Waals surface area contributed by atoms with Crippen molar-refractivity contribution in [1.82, 2.24) is 19.7 Å². The van der Waals surface area contributed by atoms with Crippen LogP contribution in [0.15, 0.2) is 36.7 Å². The van der Waals surface area contributed by atoms with Crippen LogP contribution in [0.25, 0.3) is 11.3 Å². The Morgan fingerprint density at radius 3 is 2.72 bits per heavy atom. The molecule has 3 aromatic rings. The van der Waals surface area contributed by atoms with E-state index < -0.39 is 20.8 Å². The molecule has 1 unspecified atom stereocenters. The predicted octanol–water partition coefficient (Wildman–Crippen LogP) is 3.82. The zero-order valence-electron chi connectivity index (χ0n) is 23.6. The van der Waals surface area contributed by atoms with Crippen molar-refractivity contribution in [1.29, 1.82) is 5.26 Å². The van der Waals surface area contributed by atoms with Crippen molar-refractivity contribution in [2.75, 3.05) is 23.3 Å². The smallest absolute Gasteiger partial charge is 0.431 e. The minimum absolute atomic E-state index is 0.0501. The molecule has 4 rings (SSSR count). The van der Waals surface area contributed by atoms with Crippen LogP contribution in [0.2, 0.25) is 25.0 Å². The van der Waals surface area contributed by atoms with Gasteiger partial charge in [0.05, 0.1) is 11.3 Å². The van der Waals surface area contributed by atoms with Gasteiger partial charge in [-0.25, -0.2) is 9.97 Å². The lowest BCUT2D eigenvalue weighted by Crippen LogP contribution is -2.46. The largest absolute Gasteiger partial charge is 0.431 e. The molecule has 1 radical (unpaired) electrons. The van der Waals surface area contributed by atoms with E-state index in [1.165, 1.54) is 12.0 Å². The standard InChI is InChI=1S/C26H34B2N7O3Si/c1-25(2,3)39(6,7)38-16-26(4)15-34(27-17-36)23-19(14-29)12-18(13-20(23)26)21-8-10-30-24(31-21)32-22-9-11-35(33-22)28(5)37/h8-13,17,37H,15-16H2,1-7H3,(H,30,31,32,33). The molecule has 0 aliphatic carbocycles. The molecule has 13 heteroatoms. The summed E-state index contributed by atoms with van der Waals surface area (Å²) in [5.74, 6) is 0.831. The second-order valence-corrected chi connectivity index (χ2v) is 16.6. The summed E-state index contributed by atoms with van der Waals surface area (Å²) in [6.07, 6.45) is 4.05. The minimum atomic E-state index is -2.05. The first-order valence-electron chi connectivity index (χ1n) is 12.9. The Morgan fingerprint density at radius 1 is 1.36 bits per heavy atom. The number of fused-ring (bicyclic) bond motifs is 1. The molecule has 201 valence electrons. The average molecular weight is 542 g/mol. The Hall–Kier alpha value is -3.46. The van der Waals surface area contributed by atoms with Gasteiger partial charge < -0.3 is 24.4 Å². The molecule has 1 aromatic carbocycles. The molecule has 1 aliphatic heterocycles. The van der Waals surface area contributed by atoms with Crippen LogP contribution in [0, 0.1) is 11.3 Å². The van der Waals surface area contributed by atoms with Gasteiger partial charge in [0.15, 0.2) is 14.1 Å². The summed E-state index contributed by atoms with van der Waals surface area (Å²) in [6.45, 7) is 15.8. The van der Waals surface area contributed by atoms with E-state index in [0.29, 0.717) is 36.2 Å². The predicted molar refractivity (Wildman–Crippen MR) is 157 cm³/mol. The quantitative estimate of drug-likeness (QED) is 0.306. The normalized spacial score (nSPS) is 16.9. The van der Waals surface area contributed by atoms with Gasteiger partial charge in [0.25, 0.3) is 0 Å². The van der Waals surface area contributed by atoms with Crippen LogP contribution in [-0.4, -0.2) is 66.8 Å². The molecule has 0 amide bonds. The van der Waals surface area contributed by atoms with Crippen LogP contribution < -0.4 is 10.1 Å². The summed E-state index contributed by atoms with van der Waals surface area (Å²) in [5.41, 5.74) is 3.07. The molecule has 0 spiro atoms. The molecule has 2 aromatic heterocycles. The second kappa shape index (κ2) is 10.6. The van der Waals surface area contributed by atoms with Gasteiger partial charge in [0.2, 0.25) is 5.95 Å². The first-order valence-corrected chi connectivity index (χ1v) is 15.8. The van der Waals surface area contributed by atoms with Gasteiger partial charge in [-0.1, -0.05) is 27.7 Å². The molecule has 0 saturated heterocycles. The van der Waals surface area contributed by atoms with Crippen LogP contribution in [-0.2, 0) is 14.6 Å². The summed E-state index contributed by atoms with van der Waals surface area (Å²) >= 11 is 0. The summed E-state index contributed by atoms with van der Waals surface area (Å²) in [4.78, 5) is 22.3. The fourth-order valence-electron chi connectivity index (χ4n) is 4.36. The molecule has 2 N–H and O–H groups in total. The van der Waals surface area contributed by atoms with Gasteiger partial charge in [-0.05, 0) is 54.8 Å². The Morgan fingerprint density at radius 2 is 2.10 bits per heavy atom. The molecule has 1 aliphatic rings. The van der Waals surface area contributed by atoms with Gasteiger partial charge in [0, 0.05) is 42.2 Å². The van der Waals surface area contributed by atoms with Gasteiger partial charge in [-0.2, -0.15) is 10.4 Å². The maximum Gasteiger partial charge on any atom is 0.431 e. The number of carbonyl (C=O) groups excluding carboxylic acids is 1. The van der Waals surface area contributed by atoms with E-state index in [1.54, 1.807) is 37.4 Å². The van der Waals surface area contributed by atoms with E-state index in [4.69, 9.17) is 4.43 Å². The van der Waals surface area contributed by atoms with Crippen molar-refractivity contribution in [3.05, 3.63) is 47.8 Å². The molecule has 39 heavy (non-hydrogen) atoms. The van der Waals surface area contributed by atoms with Crippen molar-refractivity contribution in [2.24, 2.45) is 0 Å². The number of aromatic nitrogens is 4. The highest BCUT2D eigenvalue weighted by Gasteiger charge is 2.44. The highest BCUT2D eigenvalue weighted by atomic mass is 28.4. The third kappa shape index (κ3) is 5.78. The van der Waals surface area contributed by atoms with Crippen molar-refractivity contribution < 1.29 is 14.2 Å². The Balaban J connectivity index is 1.72. The van der Waals surface area contributed by atoms with Gasteiger partial charge >= 0.3 is 14.5 Å². The lowest BCUT2D eigenvalue weighted by molar-refractivity contribution is 0.219. The lowest BCUT2D eigenvalue weighted by Gasteiger charge is -2.39. The molecule has 3 heterocycles. The zero-order valence-corrected chi connectivity index (χ0v) is 24.6. The average Bonchev–Trinajstić information content (AvgIpc) is 3.45. The topological polar surface area (TPSA) is 129 Å². The molecule has 0 bridgehead atoms. The van der Waals surface area contributed by atoms with E-state index in [0.717, 1.165) is 23.0 Å². The molecular formula is C26H34B2N7O3Si. The van der Waals surface area contributed by atoms with Crippen LogP contribution >= 0.6 is 0 Å². The van der Waals surface area contributed by atoms with E-state index >= 15 is 0 Å². The number of nitrogens with zero attached hydrogens (tertiary/aromatic N) is 6. The molecule has 0 saturated carbocycles. The number of nitrogens with one attached hydrogen (secondary N) is 1. The fourth-order valence-corrected chi connectivity index (χ4v) is 5.48. The van der Waals surface area contributed by atoms with E-state index in [9.17, 15) is 15.1 Å². The van der Waals surface area contributed by atoms with Gasteiger partial charge in [-0.3, -0.25) is 4.59 Å². The lowest BCUT2D eigenvalue weighted by atomic mass is 9.83. The Labute approximate surface area is 231 Å². The van der Waals surface area contributed by atoms with Gasteiger partial charge in [0.1, 0.15) is 12.3 Å². The maximum absolute atomic E-state index is 11.5. The van der Waals surface area contributed by atoms with E-state index in [-0.39, 0.29) is 5.04 Å². The van der Waals surface area contributed by atoms with Crippen LogP contribution in [0.3, 0.4) is 0 Å². The molecule has 10 nitrogen and oxygen atoms in total. The zero-order chi connectivity index (χ0) is 28.6. The first-order chi connectivity index (χ1) is 18.3. The summed E-state index contributed by atoms with van der Waals surface area (Å²) in [5, 5.41) is 27.2. The third-order valence-corrected chi connectivity index (χ3v) is 12.1. The molecular weight excluding hydrogens is 508 g/mol. The van der Waals surface area contributed by atoms with E-state index in [2.05, 4.69) is 67.2 Å². The number of hydrogen-bond donors (Lipinski definition) is 2. The van der Waals surface area contributed by atoms with Crippen molar-refractivity contribution in [3.63, 3.8) is 0 Å². The summed E-state index contributed by atoms with van der Waals surface area (Å²) in [7, 11) is -1.32. The number of hydrogen-bond acceptors (Lipinski definition) is 9. The van der Waals surface area contributed by atoms with Crippen molar-refractivity contribution >= 4 is 46.4 Å². The number of nitriles is 1. The van der Waals surface area contributed by atoms with Crippen molar-refractivity contribution in [3.8, 4) is 17.3 Å². The Bertz CT molecular complexity index is 1420. The van der Waals surface area contributed by atoms with Crippen LogP contribution in [0.4, 0.5) is 17.5 Å². The molecule has 1 atom stereocenters. The monoisotopic (exact) mass is 542 g/mol. The second-order valence-electron chi connectivity index (χ2n) is 11.8. The first kappa shape index (κ1) is 28.5. The van der Waals surface area contributed by atoms with E-state index in [1.807, 2.05) is 10.9 Å². The number of anilines is 3. The van der Waals surface area contributed by atoms with Gasteiger partial charge in [-0.15, -0.1) is 0 Å². The minimum Gasteiger partial charge on any atom is -0.431 e. The maximum atomic E-state index is 11.5. The fraction of sp³-hybridized carbons (Fsp3) is 0.423. The van der Waals surface area contributed by atoms with Crippen molar-refractivity contribution in [2.45, 2.75) is 58.1 Å². The molecule has 0 fully saturated rings. The number of benzene rings is 1. The summed E-state index contributed by atoms with van der Waals surface area (Å²) in [6, 6.07) is 9.66. The summed E-state index contributed by atoms with van der Waals surface area (Å²) < 4.78 is 8.07. The van der Waals surface area contributed by atoms with Crippen LogP contribution in [0.5, 0.6) is 0 Å². The SMILES string of the molecule is CB(O)n1ccc(Nc2nccc(-c3cc(C#N)c4c(c3)C(C)(CO[Si](C)(C)C(C)(C)C)CN4[B]C=O)n2)n1. The Kier molecular flexibility index (Phi) is 7.76. The third-order valence-electron chi connectivity index (χ3n) is 7.67. The highest BCUT2D eigenvalue weighted by Crippen LogP contribution is 2.46. The number of carbonyl (C=O) groups is 1. The highest BCUT2D eigenvalue weighted by molar-refractivity contribution is 6.74. The number of rotatable bonds is 9.